The van der Waals surface area contributed by atoms with Crippen LogP contribution in [0, 0.1) is 0 Å². The van der Waals surface area contributed by atoms with Crippen LogP contribution in [-0.4, -0.2) is 20.8 Å². The van der Waals surface area contributed by atoms with E-state index in [1.54, 1.807) is 24.2 Å². The standard InChI is InChI=1S/C16H12N4OS/c21-16(18-12-5-2-1-3-6-12)20-9-11-10-22-15-13(14(11)19-20)7-4-8-17-15/h1-9H,10H2,(H,18,21). The monoisotopic (exact) mass is 308 g/mol. The molecule has 0 fully saturated rings. The molecule has 0 unspecified atom stereocenters. The lowest BCUT2D eigenvalue weighted by Gasteiger charge is -2.12. The second kappa shape index (κ2) is 5.31. The van der Waals surface area contributed by atoms with Gasteiger partial charge in [-0.1, -0.05) is 18.2 Å². The van der Waals surface area contributed by atoms with Gasteiger partial charge >= 0.3 is 6.03 Å². The average molecular weight is 308 g/mol. The molecule has 1 aliphatic rings. The van der Waals surface area contributed by atoms with E-state index in [4.69, 9.17) is 0 Å². The highest BCUT2D eigenvalue weighted by molar-refractivity contribution is 7.98. The van der Waals surface area contributed by atoms with E-state index in [9.17, 15) is 4.79 Å². The summed E-state index contributed by atoms with van der Waals surface area (Å²) in [6, 6.07) is 13.0. The SMILES string of the molecule is O=C(Nc1ccccc1)n1cc2c(n1)-c1cccnc1SC2. The van der Waals surface area contributed by atoms with E-state index in [0.717, 1.165) is 33.3 Å². The van der Waals surface area contributed by atoms with Crippen molar-refractivity contribution in [2.24, 2.45) is 0 Å². The minimum absolute atomic E-state index is 0.268. The maximum absolute atomic E-state index is 12.3. The number of aromatic nitrogens is 3. The molecule has 0 aliphatic carbocycles. The Morgan fingerprint density at radius 2 is 2.05 bits per heavy atom. The number of pyridine rings is 1. The molecule has 1 N–H and O–H groups in total. The molecule has 0 saturated heterocycles. The third kappa shape index (κ3) is 2.27. The highest BCUT2D eigenvalue weighted by Crippen LogP contribution is 2.38. The third-order valence-corrected chi connectivity index (χ3v) is 4.47. The molecular formula is C16H12N4OS. The number of nitrogens with zero attached hydrogens (tertiary/aromatic N) is 3. The molecule has 2 aromatic heterocycles. The summed E-state index contributed by atoms with van der Waals surface area (Å²) in [5, 5.41) is 8.23. The lowest BCUT2D eigenvalue weighted by Crippen LogP contribution is -2.19. The zero-order valence-corrected chi connectivity index (χ0v) is 12.4. The lowest BCUT2D eigenvalue weighted by molar-refractivity contribution is 0.251. The smallest absolute Gasteiger partial charge is 0.306 e. The Morgan fingerprint density at radius 3 is 2.91 bits per heavy atom. The molecule has 0 atom stereocenters. The van der Waals surface area contributed by atoms with E-state index in [-0.39, 0.29) is 6.03 Å². The molecule has 1 aliphatic heterocycles. The van der Waals surface area contributed by atoms with Crippen molar-refractivity contribution in [1.29, 1.82) is 0 Å². The number of carbonyl (C=O) groups excluding carboxylic acids is 1. The molecule has 108 valence electrons. The maximum Gasteiger partial charge on any atom is 0.346 e. The van der Waals surface area contributed by atoms with Crippen molar-refractivity contribution in [2.75, 3.05) is 5.32 Å². The molecule has 6 heteroatoms. The van der Waals surface area contributed by atoms with Crippen LogP contribution in [-0.2, 0) is 5.75 Å². The Labute approximate surface area is 131 Å². The van der Waals surface area contributed by atoms with Crippen LogP contribution in [0.3, 0.4) is 0 Å². The quantitative estimate of drug-likeness (QED) is 0.745. The van der Waals surface area contributed by atoms with E-state index in [1.807, 2.05) is 42.5 Å². The topological polar surface area (TPSA) is 59.8 Å². The predicted octanol–water partition coefficient (Wildman–Crippen LogP) is 3.63. The number of rotatable bonds is 1. The van der Waals surface area contributed by atoms with E-state index >= 15 is 0 Å². The van der Waals surface area contributed by atoms with Crippen LogP contribution in [0.25, 0.3) is 11.3 Å². The van der Waals surface area contributed by atoms with Gasteiger partial charge in [-0.15, -0.1) is 11.8 Å². The van der Waals surface area contributed by atoms with E-state index in [2.05, 4.69) is 15.4 Å². The number of nitrogens with one attached hydrogen (secondary N) is 1. The van der Waals surface area contributed by atoms with Crippen molar-refractivity contribution >= 4 is 23.5 Å². The van der Waals surface area contributed by atoms with Crippen molar-refractivity contribution in [3.05, 3.63) is 60.4 Å². The van der Waals surface area contributed by atoms with Gasteiger partial charge in [0.15, 0.2) is 0 Å². The lowest BCUT2D eigenvalue weighted by atomic mass is 10.1. The number of anilines is 1. The van der Waals surface area contributed by atoms with Crippen LogP contribution in [0.5, 0.6) is 0 Å². The first-order valence-corrected chi connectivity index (χ1v) is 7.83. The maximum atomic E-state index is 12.3. The molecule has 22 heavy (non-hydrogen) atoms. The van der Waals surface area contributed by atoms with Gasteiger partial charge in [0.05, 0.1) is 5.69 Å². The number of hydrogen-bond acceptors (Lipinski definition) is 4. The van der Waals surface area contributed by atoms with E-state index < -0.39 is 0 Å². The van der Waals surface area contributed by atoms with Gasteiger partial charge in [-0.05, 0) is 24.3 Å². The Morgan fingerprint density at radius 1 is 1.18 bits per heavy atom. The number of benzene rings is 1. The van der Waals surface area contributed by atoms with Gasteiger partial charge < -0.3 is 5.32 Å². The number of amides is 1. The minimum Gasteiger partial charge on any atom is -0.306 e. The van der Waals surface area contributed by atoms with Crippen LogP contribution in [0.15, 0.2) is 59.9 Å². The highest BCUT2D eigenvalue weighted by atomic mass is 32.2. The van der Waals surface area contributed by atoms with E-state index in [1.165, 1.54) is 4.68 Å². The van der Waals surface area contributed by atoms with Crippen molar-refractivity contribution in [3.63, 3.8) is 0 Å². The Hall–Kier alpha value is -2.60. The van der Waals surface area contributed by atoms with Crippen molar-refractivity contribution in [3.8, 4) is 11.3 Å². The Bertz CT molecular complexity index is 844. The number of fused-ring (bicyclic) bond motifs is 3. The summed E-state index contributed by atoms with van der Waals surface area (Å²) in [6.07, 6.45) is 3.56. The largest absolute Gasteiger partial charge is 0.346 e. The highest BCUT2D eigenvalue weighted by Gasteiger charge is 2.22. The van der Waals surface area contributed by atoms with Crippen molar-refractivity contribution < 1.29 is 4.79 Å². The van der Waals surface area contributed by atoms with Crippen LogP contribution in [0.2, 0.25) is 0 Å². The Kier molecular flexibility index (Phi) is 3.16. The number of thioether (sulfide) groups is 1. The fraction of sp³-hybridized carbons (Fsp3) is 0.0625. The molecule has 4 rings (SSSR count). The van der Waals surface area contributed by atoms with Crippen LogP contribution in [0.4, 0.5) is 10.5 Å². The predicted molar refractivity (Wildman–Crippen MR) is 85.9 cm³/mol. The molecule has 0 bridgehead atoms. The van der Waals surface area contributed by atoms with Crippen molar-refractivity contribution in [1.82, 2.24) is 14.8 Å². The summed E-state index contributed by atoms with van der Waals surface area (Å²) < 4.78 is 1.36. The van der Waals surface area contributed by atoms with Gasteiger partial charge in [0.2, 0.25) is 0 Å². The minimum atomic E-state index is -0.268. The molecule has 0 saturated carbocycles. The molecule has 1 amide bonds. The van der Waals surface area contributed by atoms with Crippen LogP contribution in [0.1, 0.15) is 5.56 Å². The van der Waals surface area contributed by atoms with Crippen molar-refractivity contribution in [2.45, 2.75) is 10.8 Å². The fourth-order valence-electron chi connectivity index (χ4n) is 2.38. The average Bonchev–Trinajstić information content (AvgIpc) is 3.00. The molecule has 5 nitrogen and oxygen atoms in total. The van der Waals surface area contributed by atoms with Gasteiger partial charge in [0, 0.05) is 35.0 Å². The molecule has 0 radical (unpaired) electrons. The Balaban J connectivity index is 1.66. The summed E-state index contributed by atoms with van der Waals surface area (Å²) >= 11 is 1.66. The van der Waals surface area contributed by atoms with Gasteiger partial charge in [0.1, 0.15) is 5.03 Å². The number of carbonyl (C=O) groups is 1. The zero-order chi connectivity index (χ0) is 14.9. The molecule has 0 spiro atoms. The van der Waals surface area contributed by atoms with Gasteiger partial charge in [-0.3, -0.25) is 0 Å². The molecule has 3 heterocycles. The van der Waals surface area contributed by atoms with Crippen LogP contribution < -0.4 is 5.32 Å². The number of hydrogen-bond donors (Lipinski definition) is 1. The second-order valence-electron chi connectivity index (χ2n) is 4.89. The fourth-order valence-corrected chi connectivity index (χ4v) is 3.34. The summed E-state index contributed by atoms with van der Waals surface area (Å²) in [6.45, 7) is 0. The summed E-state index contributed by atoms with van der Waals surface area (Å²) in [7, 11) is 0. The summed E-state index contributed by atoms with van der Waals surface area (Å²) in [5.41, 5.74) is 3.62. The third-order valence-electron chi connectivity index (χ3n) is 3.41. The first-order valence-electron chi connectivity index (χ1n) is 6.84. The zero-order valence-electron chi connectivity index (χ0n) is 11.6. The van der Waals surface area contributed by atoms with Gasteiger partial charge in [-0.25, -0.2) is 9.78 Å². The summed E-state index contributed by atoms with van der Waals surface area (Å²) in [4.78, 5) is 16.7. The molecule has 3 aromatic rings. The summed E-state index contributed by atoms with van der Waals surface area (Å²) in [5.74, 6) is 0.776. The second-order valence-corrected chi connectivity index (χ2v) is 5.85. The first kappa shape index (κ1) is 13.1. The normalized spacial score (nSPS) is 12.4. The van der Waals surface area contributed by atoms with Crippen LogP contribution >= 0.6 is 11.8 Å². The van der Waals surface area contributed by atoms with E-state index in [0.29, 0.717) is 0 Å². The van der Waals surface area contributed by atoms with Gasteiger partial charge in [0.25, 0.3) is 0 Å². The van der Waals surface area contributed by atoms with Gasteiger partial charge in [-0.2, -0.15) is 9.78 Å². The molecular weight excluding hydrogens is 296 g/mol. The molecule has 1 aromatic carbocycles. The first-order chi connectivity index (χ1) is 10.8. The number of para-hydroxylation sites is 1.